The van der Waals surface area contributed by atoms with Crippen LogP contribution in [0.15, 0.2) is 84.9 Å². The largest absolute Gasteiger partial charge is 0.391 e. The second-order valence-corrected chi connectivity index (χ2v) is 11.3. The molecule has 3 aromatic carbocycles. The third-order valence-corrected chi connectivity index (χ3v) is 8.37. The van der Waals surface area contributed by atoms with Gasteiger partial charge in [-0.15, -0.1) is 0 Å². The highest BCUT2D eigenvalue weighted by Crippen LogP contribution is 2.34. The Hall–Kier alpha value is -3.48. The van der Waals surface area contributed by atoms with Gasteiger partial charge in [-0.3, -0.25) is 14.8 Å². The zero-order valence-corrected chi connectivity index (χ0v) is 24.1. The summed E-state index contributed by atoms with van der Waals surface area (Å²) < 4.78 is 0. The van der Waals surface area contributed by atoms with Gasteiger partial charge < -0.3 is 10.4 Å². The van der Waals surface area contributed by atoms with E-state index in [2.05, 4.69) is 41.7 Å². The maximum atomic E-state index is 13.4. The molecule has 1 fully saturated rings. The van der Waals surface area contributed by atoms with Crippen molar-refractivity contribution < 1.29 is 19.9 Å². The molecule has 3 atom stereocenters. The van der Waals surface area contributed by atoms with E-state index in [1.54, 1.807) is 0 Å². The van der Waals surface area contributed by atoms with Gasteiger partial charge in [0, 0.05) is 13.0 Å². The summed E-state index contributed by atoms with van der Waals surface area (Å²) >= 11 is 0. The third-order valence-electron chi connectivity index (χ3n) is 8.37. The molecular formula is C35H44N2O4. The molecule has 3 N–H and O–H groups in total. The first-order valence-corrected chi connectivity index (χ1v) is 15.1. The highest BCUT2D eigenvalue weighted by atomic mass is 16.5. The first kappa shape index (κ1) is 30.5. The van der Waals surface area contributed by atoms with Crippen LogP contribution in [-0.4, -0.2) is 45.9 Å². The van der Waals surface area contributed by atoms with Gasteiger partial charge in [-0.25, -0.2) is 5.06 Å². The summed E-state index contributed by atoms with van der Waals surface area (Å²) in [6, 6.07) is 27.9. The number of nitrogens with zero attached hydrogens (tertiary/aromatic N) is 1. The molecule has 1 saturated carbocycles. The van der Waals surface area contributed by atoms with Crippen LogP contribution in [0.5, 0.6) is 0 Å². The number of aliphatic hydroxyl groups is 1. The van der Waals surface area contributed by atoms with E-state index in [0.717, 1.165) is 53.9 Å². The van der Waals surface area contributed by atoms with Crippen LogP contribution in [0.2, 0.25) is 0 Å². The molecular weight excluding hydrogens is 512 g/mol. The summed E-state index contributed by atoms with van der Waals surface area (Å²) in [7, 11) is 0. The minimum atomic E-state index is -0.684. The Morgan fingerprint density at radius 2 is 1.49 bits per heavy atom. The molecule has 4 rings (SSSR count). The highest BCUT2D eigenvalue weighted by molar-refractivity contribution is 5.85. The minimum Gasteiger partial charge on any atom is -0.391 e. The monoisotopic (exact) mass is 556 g/mol. The number of benzene rings is 3. The average molecular weight is 557 g/mol. The lowest BCUT2D eigenvalue weighted by Crippen LogP contribution is -2.47. The lowest BCUT2D eigenvalue weighted by Gasteiger charge is -2.28. The summed E-state index contributed by atoms with van der Waals surface area (Å²) in [5.41, 5.74) is 4.51. The standard InChI is InChI=1S/C35H44N2O4/c1-2-33(38)32(24-27-12-5-3-6-13-27)36-34(39)25-31(30-17-9-10-18-30)35(40)37(41)23-11-14-26-19-21-29(22-20-26)28-15-7-4-8-16-28/h3-8,12-13,15-16,19-22,30-33,38,41H,2,9-11,14,17-18,23-25H2,1H3,(H,36,39)/t31-,32-,33+/m0/s1. The van der Waals surface area contributed by atoms with E-state index >= 15 is 0 Å². The maximum absolute atomic E-state index is 13.4. The van der Waals surface area contributed by atoms with Crippen molar-refractivity contribution in [3.8, 4) is 11.1 Å². The van der Waals surface area contributed by atoms with Crippen LogP contribution in [0.25, 0.3) is 11.1 Å². The predicted molar refractivity (Wildman–Crippen MR) is 162 cm³/mol. The zero-order chi connectivity index (χ0) is 29.0. The van der Waals surface area contributed by atoms with E-state index < -0.39 is 18.1 Å². The van der Waals surface area contributed by atoms with Gasteiger partial charge in [-0.05, 0) is 66.7 Å². The Bertz CT molecular complexity index is 1210. The minimum absolute atomic E-state index is 0.0171. The van der Waals surface area contributed by atoms with Gasteiger partial charge in [-0.1, -0.05) is 105 Å². The number of hydrogen-bond acceptors (Lipinski definition) is 4. The van der Waals surface area contributed by atoms with Crippen LogP contribution in [0.4, 0.5) is 0 Å². The molecule has 41 heavy (non-hydrogen) atoms. The van der Waals surface area contributed by atoms with Crippen molar-refractivity contribution in [1.29, 1.82) is 0 Å². The molecule has 0 aliphatic heterocycles. The van der Waals surface area contributed by atoms with Gasteiger partial charge in [0.1, 0.15) is 0 Å². The number of hydrogen-bond donors (Lipinski definition) is 3. The van der Waals surface area contributed by atoms with Crippen molar-refractivity contribution in [3.05, 3.63) is 96.1 Å². The fraction of sp³-hybridized carbons (Fsp3) is 0.429. The Morgan fingerprint density at radius 3 is 2.12 bits per heavy atom. The van der Waals surface area contributed by atoms with E-state index in [1.807, 2.05) is 55.5 Å². The topological polar surface area (TPSA) is 89.9 Å². The molecule has 0 aromatic heterocycles. The van der Waals surface area contributed by atoms with Crippen LogP contribution in [0, 0.1) is 11.8 Å². The van der Waals surface area contributed by atoms with Crippen LogP contribution < -0.4 is 5.32 Å². The molecule has 1 aliphatic carbocycles. The molecule has 6 nitrogen and oxygen atoms in total. The molecule has 3 aromatic rings. The lowest BCUT2D eigenvalue weighted by molar-refractivity contribution is -0.173. The Kier molecular flexibility index (Phi) is 11.5. The van der Waals surface area contributed by atoms with Crippen molar-refractivity contribution in [3.63, 3.8) is 0 Å². The molecule has 0 unspecified atom stereocenters. The Labute approximate surface area is 244 Å². The molecule has 0 saturated heterocycles. The van der Waals surface area contributed by atoms with Gasteiger partial charge in [0.2, 0.25) is 11.8 Å². The van der Waals surface area contributed by atoms with Crippen molar-refractivity contribution in [2.24, 2.45) is 11.8 Å². The summed E-state index contributed by atoms with van der Waals surface area (Å²) in [5.74, 6) is -1.11. The van der Waals surface area contributed by atoms with Gasteiger partial charge >= 0.3 is 0 Å². The van der Waals surface area contributed by atoms with Crippen molar-refractivity contribution in [1.82, 2.24) is 10.4 Å². The normalized spacial score (nSPS) is 15.7. The van der Waals surface area contributed by atoms with Crippen LogP contribution in [0.3, 0.4) is 0 Å². The highest BCUT2D eigenvalue weighted by Gasteiger charge is 2.35. The summed E-state index contributed by atoms with van der Waals surface area (Å²) in [6.45, 7) is 2.11. The number of rotatable bonds is 14. The summed E-state index contributed by atoms with van der Waals surface area (Å²) in [6.07, 6.45) is 5.57. The van der Waals surface area contributed by atoms with Crippen molar-refractivity contribution in [2.45, 2.75) is 76.9 Å². The number of carbonyl (C=O) groups excluding carboxylic acids is 2. The first-order valence-electron chi connectivity index (χ1n) is 15.1. The molecule has 0 heterocycles. The number of hydroxylamine groups is 2. The molecule has 0 radical (unpaired) electrons. The van der Waals surface area contributed by atoms with Crippen LogP contribution in [0.1, 0.15) is 63.0 Å². The summed E-state index contributed by atoms with van der Waals surface area (Å²) in [4.78, 5) is 26.6. The molecule has 218 valence electrons. The average Bonchev–Trinajstić information content (AvgIpc) is 3.55. The van der Waals surface area contributed by atoms with E-state index in [9.17, 15) is 19.9 Å². The quantitative estimate of drug-likeness (QED) is 0.163. The molecule has 1 aliphatic rings. The fourth-order valence-electron chi connectivity index (χ4n) is 5.95. The van der Waals surface area contributed by atoms with E-state index in [-0.39, 0.29) is 30.7 Å². The molecule has 0 bridgehead atoms. The second kappa shape index (κ2) is 15.5. The molecule has 6 heteroatoms. The number of amides is 2. The lowest BCUT2D eigenvalue weighted by atomic mass is 9.86. The van der Waals surface area contributed by atoms with Crippen LogP contribution >= 0.6 is 0 Å². The first-order chi connectivity index (χ1) is 19.9. The zero-order valence-electron chi connectivity index (χ0n) is 24.1. The van der Waals surface area contributed by atoms with Crippen molar-refractivity contribution in [2.75, 3.05) is 6.54 Å². The van der Waals surface area contributed by atoms with E-state index in [1.165, 1.54) is 5.56 Å². The smallest absolute Gasteiger partial charge is 0.249 e. The van der Waals surface area contributed by atoms with Gasteiger partial charge in [0.25, 0.3) is 0 Å². The number of carbonyl (C=O) groups is 2. The number of nitrogens with one attached hydrogen (secondary N) is 1. The molecule has 2 amide bonds. The van der Waals surface area contributed by atoms with Gasteiger partial charge in [-0.2, -0.15) is 0 Å². The van der Waals surface area contributed by atoms with E-state index in [4.69, 9.17) is 0 Å². The number of aryl methyl sites for hydroxylation is 1. The number of aliphatic hydroxyl groups excluding tert-OH is 1. The van der Waals surface area contributed by atoms with Crippen LogP contribution in [-0.2, 0) is 22.4 Å². The second-order valence-electron chi connectivity index (χ2n) is 11.3. The SMILES string of the molecule is CC[C@@H](O)[C@H](Cc1ccccc1)NC(=O)C[C@H](C(=O)N(O)CCCc1ccc(-c2ccccc2)cc1)C1CCCC1. The van der Waals surface area contributed by atoms with Crippen molar-refractivity contribution >= 4 is 11.8 Å². The summed E-state index contributed by atoms with van der Waals surface area (Å²) in [5, 5.41) is 25.2. The van der Waals surface area contributed by atoms with E-state index in [0.29, 0.717) is 19.3 Å². The van der Waals surface area contributed by atoms with Gasteiger partial charge in [0.15, 0.2) is 0 Å². The fourth-order valence-corrected chi connectivity index (χ4v) is 5.95. The Balaban J connectivity index is 1.32. The van der Waals surface area contributed by atoms with Gasteiger partial charge in [0.05, 0.1) is 18.1 Å². The predicted octanol–water partition coefficient (Wildman–Crippen LogP) is 6.20. The maximum Gasteiger partial charge on any atom is 0.249 e. The Morgan fingerprint density at radius 1 is 0.878 bits per heavy atom. The third kappa shape index (κ3) is 9.00. The molecule has 0 spiro atoms.